The lowest BCUT2D eigenvalue weighted by atomic mass is 10.0. The summed E-state index contributed by atoms with van der Waals surface area (Å²) in [7, 11) is 3.17. The minimum Gasteiger partial charge on any atom is -0.354 e. The van der Waals surface area contributed by atoms with Crippen molar-refractivity contribution in [3.8, 4) is 0 Å². The fourth-order valence-electron chi connectivity index (χ4n) is 1.42. The average Bonchev–Trinajstić information content (AvgIpc) is 2.19. The fraction of sp³-hybridized carbons (Fsp3) is 0.455. The Hall–Kier alpha value is -0.610. The monoisotopic (exact) mass is 231 g/mol. The minimum absolute atomic E-state index is 0. The first-order valence-corrected chi connectivity index (χ1v) is 4.56. The SMILES string of the molecule is COC(OC)C(N)c1cccc(C)c1.Cl. The van der Waals surface area contributed by atoms with E-state index in [4.69, 9.17) is 15.2 Å². The van der Waals surface area contributed by atoms with E-state index in [-0.39, 0.29) is 18.4 Å². The van der Waals surface area contributed by atoms with Crippen LogP contribution in [-0.2, 0) is 9.47 Å². The van der Waals surface area contributed by atoms with E-state index in [2.05, 4.69) is 0 Å². The third-order valence-electron chi connectivity index (χ3n) is 2.18. The van der Waals surface area contributed by atoms with Crippen LogP contribution in [0.15, 0.2) is 24.3 Å². The summed E-state index contributed by atoms with van der Waals surface area (Å²) in [6.07, 6.45) is -0.392. The second-order valence-electron chi connectivity index (χ2n) is 3.28. The van der Waals surface area contributed by atoms with Crippen molar-refractivity contribution in [1.82, 2.24) is 0 Å². The highest BCUT2D eigenvalue weighted by atomic mass is 35.5. The van der Waals surface area contributed by atoms with Crippen molar-refractivity contribution < 1.29 is 9.47 Å². The van der Waals surface area contributed by atoms with Crippen LogP contribution in [0.2, 0.25) is 0 Å². The summed E-state index contributed by atoms with van der Waals surface area (Å²) in [5, 5.41) is 0. The van der Waals surface area contributed by atoms with Gasteiger partial charge in [0.2, 0.25) is 0 Å². The molecule has 0 aliphatic heterocycles. The summed E-state index contributed by atoms with van der Waals surface area (Å²) in [5.41, 5.74) is 8.19. The van der Waals surface area contributed by atoms with Gasteiger partial charge in [0.15, 0.2) is 6.29 Å². The standard InChI is InChI=1S/C11H17NO2.ClH/c1-8-5-4-6-9(7-8)10(12)11(13-2)14-3;/h4-7,10-11H,12H2,1-3H3;1H. The van der Waals surface area contributed by atoms with Crippen molar-refractivity contribution in [2.24, 2.45) is 5.73 Å². The van der Waals surface area contributed by atoms with Crippen molar-refractivity contribution in [3.63, 3.8) is 0 Å². The Bertz CT molecular complexity index is 290. The van der Waals surface area contributed by atoms with Crippen LogP contribution in [0.3, 0.4) is 0 Å². The topological polar surface area (TPSA) is 44.5 Å². The third kappa shape index (κ3) is 3.80. The molecule has 1 rings (SSSR count). The zero-order valence-corrected chi connectivity index (χ0v) is 10.1. The number of hydrogen-bond acceptors (Lipinski definition) is 3. The van der Waals surface area contributed by atoms with E-state index in [0.29, 0.717) is 0 Å². The highest BCUT2D eigenvalue weighted by molar-refractivity contribution is 5.85. The molecule has 0 saturated carbocycles. The molecule has 0 saturated heterocycles. The van der Waals surface area contributed by atoms with E-state index in [1.807, 2.05) is 31.2 Å². The Labute approximate surface area is 97.0 Å². The molecule has 0 aliphatic carbocycles. The van der Waals surface area contributed by atoms with Crippen LogP contribution in [0.5, 0.6) is 0 Å². The van der Waals surface area contributed by atoms with Gasteiger partial charge in [-0.25, -0.2) is 0 Å². The minimum atomic E-state index is -0.392. The van der Waals surface area contributed by atoms with Crippen LogP contribution in [0.25, 0.3) is 0 Å². The molecule has 1 aromatic rings. The van der Waals surface area contributed by atoms with Crippen LogP contribution in [0, 0.1) is 6.92 Å². The van der Waals surface area contributed by atoms with E-state index in [0.717, 1.165) is 5.56 Å². The summed E-state index contributed by atoms with van der Waals surface area (Å²) in [6, 6.07) is 7.78. The van der Waals surface area contributed by atoms with E-state index in [1.165, 1.54) is 5.56 Å². The van der Waals surface area contributed by atoms with E-state index < -0.39 is 6.29 Å². The molecule has 0 fully saturated rings. The summed E-state index contributed by atoms with van der Waals surface area (Å²) in [5.74, 6) is 0. The molecule has 1 atom stereocenters. The third-order valence-corrected chi connectivity index (χ3v) is 2.18. The van der Waals surface area contributed by atoms with Gasteiger partial charge in [-0.05, 0) is 12.5 Å². The van der Waals surface area contributed by atoms with Crippen molar-refractivity contribution in [2.75, 3.05) is 14.2 Å². The molecule has 0 bridgehead atoms. The first-order valence-electron chi connectivity index (χ1n) is 4.56. The molecule has 0 spiro atoms. The lowest BCUT2D eigenvalue weighted by Gasteiger charge is -2.21. The molecule has 1 aromatic carbocycles. The molecule has 1 unspecified atom stereocenters. The summed E-state index contributed by atoms with van der Waals surface area (Å²) >= 11 is 0. The van der Waals surface area contributed by atoms with E-state index in [1.54, 1.807) is 14.2 Å². The van der Waals surface area contributed by atoms with Crippen molar-refractivity contribution in [2.45, 2.75) is 19.3 Å². The first kappa shape index (κ1) is 14.4. The number of halogens is 1. The molecule has 0 amide bonds. The average molecular weight is 232 g/mol. The number of benzene rings is 1. The lowest BCUT2D eigenvalue weighted by Crippen LogP contribution is -2.29. The Morgan fingerprint density at radius 1 is 1.20 bits per heavy atom. The molecule has 86 valence electrons. The normalized spacial score (nSPS) is 12.3. The predicted octanol–water partition coefficient (Wildman–Crippen LogP) is 2.04. The van der Waals surface area contributed by atoms with Crippen LogP contribution < -0.4 is 5.73 Å². The fourth-order valence-corrected chi connectivity index (χ4v) is 1.42. The van der Waals surface area contributed by atoms with Gasteiger partial charge in [-0.2, -0.15) is 0 Å². The number of nitrogens with two attached hydrogens (primary N) is 1. The van der Waals surface area contributed by atoms with Crippen LogP contribution >= 0.6 is 12.4 Å². The molecule has 0 heterocycles. The summed E-state index contributed by atoms with van der Waals surface area (Å²) in [6.45, 7) is 2.03. The van der Waals surface area contributed by atoms with Crippen LogP contribution in [-0.4, -0.2) is 20.5 Å². The Kier molecular flexibility index (Phi) is 6.52. The van der Waals surface area contributed by atoms with E-state index >= 15 is 0 Å². The van der Waals surface area contributed by atoms with Crippen molar-refractivity contribution in [3.05, 3.63) is 35.4 Å². The largest absolute Gasteiger partial charge is 0.354 e. The second kappa shape index (κ2) is 6.80. The molecule has 15 heavy (non-hydrogen) atoms. The number of ether oxygens (including phenoxy) is 2. The molecule has 4 heteroatoms. The quantitative estimate of drug-likeness (QED) is 0.807. The molecule has 0 aromatic heterocycles. The van der Waals surface area contributed by atoms with Gasteiger partial charge in [0, 0.05) is 14.2 Å². The van der Waals surface area contributed by atoms with Crippen LogP contribution in [0.1, 0.15) is 17.2 Å². The Morgan fingerprint density at radius 3 is 2.27 bits per heavy atom. The van der Waals surface area contributed by atoms with Gasteiger partial charge < -0.3 is 15.2 Å². The maximum atomic E-state index is 5.98. The van der Waals surface area contributed by atoms with E-state index in [9.17, 15) is 0 Å². The molecule has 2 N–H and O–H groups in total. The van der Waals surface area contributed by atoms with Crippen LogP contribution in [0.4, 0.5) is 0 Å². The Morgan fingerprint density at radius 2 is 1.80 bits per heavy atom. The maximum absolute atomic E-state index is 5.98. The predicted molar refractivity (Wildman–Crippen MR) is 63.2 cm³/mol. The zero-order valence-electron chi connectivity index (χ0n) is 9.27. The number of rotatable bonds is 4. The zero-order chi connectivity index (χ0) is 10.6. The molecule has 3 nitrogen and oxygen atoms in total. The maximum Gasteiger partial charge on any atom is 0.175 e. The van der Waals surface area contributed by atoms with Gasteiger partial charge in [-0.1, -0.05) is 29.8 Å². The number of methoxy groups -OCH3 is 2. The lowest BCUT2D eigenvalue weighted by molar-refractivity contribution is -0.117. The molecule has 0 radical (unpaired) electrons. The molecular weight excluding hydrogens is 214 g/mol. The van der Waals surface area contributed by atoms with Gasteiger partial charge in [0.25, 0.3) is 0 Å². The van der Waals surface area contributed by atoms with Gasteiger partial charge >= 0.3 is 0 Å². The Balaban J connectivity index is 0.00000196. The summed E-state index contributed by atoms with van der Waals surface area (Å²) in [4.78, 5) is 0. The molecule has 0 aliphatic rings. The van der Waals surface area contributed by atoms with Gasteiger partial charge in [-0.3, -0.25) is 0 Å². The number of hydrogen-bond donors (Lipinski definition) is 1. The highest BCUT2D eigenvalue weighted by Gasteiger charge is 2.17. The molecular formula is C11H18ClNO2. The number of aryl methyl sites for hydroxylation is 1. The smallest absolute Gasteiger partial charge is 0.175 e. The van der Waals surface area contributed by atoms with Crippen molar-refractivity contribution >= 4 is 12.4 Å². The first-order chi connectivity index (χ1) is 6.69. The highest BCUT2D eigenvalue weighted by Crippen LogP contribution is 2.17. The second-order valence-corrected chi connectivity index (χ2v) is 3.28. The van der Waals surface area contributed by atoms with Crippen molar-refractivity contribution in [1.29, 1.82) is 0 Å². The van der Waals surface area contributed by atoms with Gasteiger partial charge in [0.05, 0.1) is 6.04 Å². The van der Waals surface area contributed by atoms with Gasteiger partial charge in [-0.15, -0.1) is 12.4 Å². The summed E-state index contributed by atoms with van der Waals surface area (Å²) < 4.78 is 10.2. The van der Waals surface area contributed by atoms with Gasteiger partial charge in [0.1, 0.15) is 0 Å².